The maximum Gasteiger partial charge on any atom is 0.327 e. The molecule has 0 spiro atoms. The van der Waals surface area contributed by atoms with Gasteiger partial charge in [0.25, 0.3) is 5.56 Å². The van der Waals surface area contributed by atoms with E-state index in [0.29, 0.717) is 5.82 Å². The van der Waals surface area contributed by atoms with E-state index in [-0.39, 0.29) is 11.2 Å². The van der Waals surface area contributed by atoms with E-state index in [4.69, 9.17) is 0 Å². The Morgan fingerprint density at radius 2 is 1.74 bits per heavy atom. The van der Waals surface area contributed by atoms with E-state index in [0.717, 1.165) is 5.56 Å². The number of nitrogens with one attached hydrogen (secondary N) is 3. The summed E-state index contributed by atoms with van der Waals surface area (Å²) < 4.78 is 0. The van der Waals surface area contributed by atoms with Gasteiger partial charge in [-0.2, -0.15) is 0 Å². The van der Waals surface area contributed by atoms with Gasteiger partial charge in [-0.05, 0) is 18.1 Å². The molecule has 3 rings (SSSR count). The molecule has 2 aromatic heterocycles. The van der Waals surface area contributed by atoms with Crippen LogP contribution in [0.4, 0.5) is 0 Å². The molecule has 0 saturated carbocycles. The highest BCUT2D eigenvalue weighted by Gasteiger charge is 2.05. The van der Waals surface area contributed by atoms with E-state index < -0.39 is 11.2 Å². The molecule has 0 bridgehead atoms. The minimum Gasteiger partial charge on any atom is -0.325 e. The summed E-state index contributed by atoms with van der Waals surface area (Å²) in [5, 5.41) is 0. The first-order valence-electron chi connectivity index (χ1n) is 5.52. The number of aromatic nitrogens is 4. The van der Waals surface area contributed by atoms with Gasteiger partial charge in [-0.25, -0.2) is 9.78 Å². The van der Waals surface area contributed by atoms with Crippen LogP contribution in [0.3, 0.4) is 0 Å². The number of rotatable bonds is 0. The van der Waals surface area contributed by atoms with Crippen LogP contribution in [-0.4, -0.2) is 19.9 Å². The predicted molar refractivity (Wildman–Crippen MR) is 69.8 cm³/mol. The Morgan fingerprint density at radius 3 is 2.53 bits per heavy atom. The fourth-order valence-electron chi connectivity index (χ4n) is 1.64. The third kappa shape index (κ3) is 2.17. The van der Waals surface area contributed by atoms with Gasteiger partial charge in [-0.1, -0.05) is 24.1 Å². The van der Waals surface area contributed by atoms with Crippen molar-refractivity contribution in [3.05, 3.63) is 62.6 Å². The highest BCUT2D eigenvalue weighted by molar-refractivity contribution is 5.69. The number of imidazole rings is 1. The van der Waals surface area contributed by atoms with Crippen molar-refractivity contribution in [2.75, 3.05) is 0 Å². The molecule has 0 aliphatic carbocycles. The summed E-state index contributed by atoms with van der Waals surface area (Å²) in [6, 6.07) is 9.39. The van der Waals surface area contributed by atoms with Crippen LogP contribution in [0.25, 0.3) is 11.2 Å². The molecule has 0 unspecified atom stereocenters. The standard InChI is InChI=1S/C13H8N4O2/c18-12-10-11(16-13(19)17-12)15-9(14-10)7-6-8-4-2-1-3-5-8/h1-5H,(H3,14,15,16,17,18,19). The first-order chi connectivity index (χ1) is 9.22. The van der Waals surface area contributed by atoms with Gasteiger partial charge in [0.1, 0.15) is 5.52 Å². The lowest BCUT2D eigenvalue weighted by Gasteiger charge is -1.85. The molecule has 0 aliphatic heterocycles. The third-order valence-corrected chi connectivity index (χ3v) is 2.49. The number of nitrogens with zero attached hydrogens (tertiary/aromatic N) is 1. The Morgan fingerprint density at radius 1 is 0.947 bits per heavy atom. The largest absolute Gasteiger partial charge is 0.327 e. The average molecular weight is 252 g/mol. The molecule has 6 nitrogen and oxygen atoms in total. The van der Waals surface area contributed by atoms with E-state index in [1.54, 1.807) is 0 Å². The summed E-state index contributed by atoms with van der Waals surface area (Å²) >= 11 is 0. The molecule has 19 heavy (non-hydrogen) atoms. The van der Waals surface area contributed by atoms with E-state index in [1.165, 1.54) is 0 Å². The Bertz CT molecular complexity index is 907. The van der Waals surface area contributed by atoms with Gasteiger partial charge in [0.15, 0.2) is 11.5 Å². The second-order valence-electron chi connectivity index (χ2n) is 3.83. The molecule has 0 fully saturated rings. The van der Waals surface area contributed by atoms with Gasteiger partial charge in [-0.15, -0.1) is 0 Å². The lowest BCUT2D eigenvalue weighted by atomic mass is 10.2. The number of benzene rings is 1. The summed E-state index contributed by atoms with van der Waals surface area (Å²) in [5.41, 5.74) is 0.138. The van der Waals surface area contributed by atoms with Crippen molar-refractivity contribution in [3.8, 4) is 11.8 Å². The van der Waals surface area contributed by atoms with E-state index in [2.05, 4.69) is 31.8 Å². The Kier molecular flexibility index (Phi) is 2.50. The molecule has 1 aromatic carbocycles. The number of hydrogen-bond acceptors (Lipinski definition) is 3. The van der Waals surface area contributed by atoms with E-state index >= 15 is 0 Å². The number of aromatic amines is 3. The molecule has 0 radical (unpaired) electrons. The van der Waals surface area contributed by atoms with Crippen molar-refractivity contribution in [1.29, 1.82) is 0 Å². The molecular weight excluding hydrogens is 244 g/mol. The fourth-order valence-corrected chi connectivity index (χ4v) is 1.64. The zero-order valence-corrected chi connectivity index (χ0v) is 9.65. The van der Waals surface area contributed by atoms with Gasteiger partial charge in [0.2, 0.25) is 0 Å². The molecule has 92 valence electrons. The fraction of sp³-hybridized carbons (Fsp3) is 0. The maximum absolute atomic E-state index is 11.5. The van der Waals surface area contributed by atoms with Crippen LogP contribution in [0.5, 0.6) is 0 Å². The first kappa shape index (κ1) is 11.0. The molecule has 2 heterocycles. The number of H-pyrrole nitrogens is 3. The second kappa shape index (κ2) is 4.31. The predicted octanol–water partition coefficient (Wildman–Crippen LogP) is 0.339. The summed E-state index contributed by atoms with van der Waals surface area (Å²) in [6.45, 7) is 0. The highest BCUT2D eigenvalue weighted by atomic mass is 16.2. The minimum absolute atomic E-state index is 0.200. The van der Waals surface area contributed by atoms with Crippen molar-refractivity contribution >= 4 is 11.2 Å². The summed E-state index contributed by atoms with van der Waals surface area (Å²) in [4.78, 5) is 33.9. The Balaban J connectivity index is 2.09. The van der Waals surface area contributed by atoms with E-state index in [1.807, 2.05) is 30.3 Å². The van der Waals surface area contributed by atoms with Crippen LogP contribution in [0.15, 0.2) is 39.9 Å². The van der Waals surface area contributed by atoms with Crippen LogP contribution < -0.4 is 11.2 Å². The molecule has 0 aliphatic rings. The normalized spacial score (nSPS) is 10.1. The van der Waals surface area contributed by atoms with E-state index in [9.17, 15) is 9.59 Å². The van der Waals surface area contributed by atoms with Crippen molar-refractivity contribution in [3.63, 3.8) is 0 Å². The molecule has 6 heteroatoms. The zero-order valence-electron chi connectivity index (χ0n) is 9.65. The van der Waals surface area contributed by atoms with Gasteiger partial charge < -0.3 is 4.98 Å². The van der Waals surface area contributed by atoms with Crippen LogP contribution in [0, 0.1) is 11.8 Å². The van der Waals surface area contributed by atoms with Gasteiger partial charge in [0.05, 0.1) is 0 Å². The van der Waals surface area contributed by atoms with Crippen LogP contribution in [-0.2, 0) is 0 Å². The first-order valence-corrected chi connectivity index (χ1v) is 5.52. The number of hydrogen-bond donors (Lipinski definition) is 3. The number of fused-ring (bicyclic) bond motifs is 1. The zero-order chi connectivity index (χ0) is 13.2. The van der Waals surface area contributed by atoms with Crippen molar-refractivity contribution in [1.82, 2.24) is 19.9 Å². The Labute approximate surface area is 106 Å². The highest BCUT2D eigenvalue weighted by Crippen LogP contribution is 2.01. The van der Waals surface area contributed by atoms with Crippen molar-refractivity contribution in [2.24, 2.45) is 0 Å². The maximum atomic E-state index is 11.5. The summed E-state index contributed by atoms with van der Waals surface area (Å²) in [5.74, 6) is 6.04. The topological polar surface area (TPSA) is 94.4 Å². The van der Waals surface area contributed by atoms with Crippen molar-refractivity contribution < 1.29 is 0 Å². The van der Waals surface area contributed by atoms with Crippen LogP contribution in [0.1, 0.15) is 11.4 Å². The summed E-state index contributed by atoms with van der Waals surface area (Å²) in [6.07, 6.45) is 0. The molecule has 0 saturated heterocycles. The summed E-state index contributed by atoms with van der Waals surface area (Å²) in [7, 11) is 0. The van der Waals surface area contributed by atoms with Gasteiger partial charge in [0, 0.05) is 5.56 Å². The quantitative estimate of drug-likeness (QED) is 0.503. The van der Waals surface area contributed by atoms with Gasteiger partial charge >= 0.3 is 5.69 Å². The molecule has 0 atom stereocenters. The Hall–Kier alpha value is -3.07. The smallest absolute Gasteiger partial charge is 0.325 e. The van der Waals surface area contributed by atoms with Crippen LogP contribution >= 0.6 is 0 Å². The lowest BCUT2D eigenvalue weighted by molar-refractivity contribution is 1.07. The van der Waals surface area contributed by atoms with Crippen LogP contribution in [0.2, 0.25) is 0 Å². The SMILES string of the molecule is O=c1[nH]c(=O)c2[nH]c(C#Cc3ccccc3)nc2[nH]1. The lowest BCUT2D eigenvalue weighted by Crippen LogP contribution is -2.21. The molecular formula is C13H8N4O2. The van der Waals surface area contributed by atoms with Gasteiger partial charge in [-0.3, -0.25) is 14.8 Å². The molecule has 3 aromatic rings. The average Bonchev–Trinajstić information content (AvgIpc) is 2.81. The van der Waals surface area contributed by atoms with Crippen molar-refractivity contribution in [2.45, 2.75) is 0 Å². The third-order valence-electron chi connectivity index (χ3n) is 2.49. The second-order valence-corrected chi connectivity index (χ2v) is 3.83. The monoisotopic (exact) mass is 252 g/mol. The minimum atomic E-state index is -0.591. The molecule has 0 amide bonds. The molecule has 3 N–H and O–H groups in total.